The van der Waals surface area contributed by atoms with Gasteiger partial charge in [0.15, 0.2) is 23.8 Å². The molecule has 2 aromatic carbocycles. The van der Waals surface area contributed by atoms with Gasteiger partial charge in [-0.2, -0.15) is 8.42 Å². The lowest BCUT2D eigenvalue weighted by molar-refractivity contribution is -0.224. The largest absolute Gasteiger partial charge is 0.372 e. The third-order valence-electron chi connectivity index (χ3n) is 5.73. The summed E-state index contributed by atoms with van der Waals surface area (Å²) in [5, 5.41) is 11.5. The summed E-state index contributed by atoms with van der Waals surface area (Å²) < 4.78 is 48.0. The second-order valence-corrected chi connectivity index (χ2v) is 10.3. The van der Waals surface area contributed by atoms with Crippen LogP contribution in [0.5, 0.6) is 0 Å². The highest BCUT2D eigenvalue weighted by molar-refractivity contribution is 7.86. The molecule has 0 unspecified atom stereocenters. The summed E-state index contributed by atoms with van der Waals surface area (Å²) in [6.07, 6.45) is -2.03. The molecule has 0 amide bonds. The molecule has 0 saturated carbocycles. The lowest BCUT2D eigenvalue weighted by Gasteiger charge is -2.29. The smallest absolute Gasteiger partial charge is 0.297 e. The molecule has 33 heavy (non-hydrogen) atoms. The molecular weight excluding hydrogens is 444 g/mol. The highest BCUT2D eigenvalue weighted by Gasteiger charge is 2.63. The number of hydrogen-bond donors (Lipinski definition) is 1. The third kappa shape index (κ3) is 4.99. The van der Waals surface area contributed by atoms with Gasteiger partial charge in [-0.1, -0.05) is 48.6 Å². The maximum absolute atomic E-state index is 12.6. The van der Waals surface area contributed by atoms with Gasteiger partial charge in [-0.05, 0) is 57.0 Å². The van der Waals surface area contributed by atoms with E-state index in [1.165, 1.54) is 17.7 Å². The number of benzene rings is 2. The van der Waals surface area contributed by atoms with E-state index in [-0.39, 0.29) is 4.90 Å². The van der Waals surface area contributed by atoms with Crippen LogP contribution in [0.2, 0.25) is 0 Å². The van der Waals surface area contributed by atoms with E-state index in [1.54, 1.807) is 26.0 Å². The van der Waals surface area contributed by atoms with Crippen LogP contribution in [0.15, 0.2) is 53.4 Å². The average Bonchev–Trinajstić information content (AvgIpc) is 3.22. The lowest BCUT2D eigenvalue weighted by Crippen LogP contribution is -2.49. The van der Waals surface area contributed by atoms with Crippen LogP contribution < -0.4 is 0 Å². The summed E-state index contributed by atoms with van der Waals surface area (Å²) in [5.41, 5.74) is 0.957. The monoisotopic (exact) mass is 472 g/mol. The van der Waals surface area contributed by atoms with E-state index in [0.717, 1.165) is 12.0 Å². The molecule has 2 aromatic rings. The third-order valence-corrected chi connectivity index (χ3v) is 7.03. The molecule has 0 aliphatic carbocycles. The van der Waals surface area contributed by atoms with E-state index in [4.69, 9.17) is 18.4 Å². The first-order valence-corrected chi connectivity index (χ1v) is 12.2. The normalized spacial score (nSPS) is 28.2. The predicted molar refractivity (Wildman–Crippen MR) is 121 cm³/mol. The number of ether oxygens (including phenoxy) is 3. The zero-order valence-corrected chi connectivity index (χ0v) is 19.9. The first-order chi connectivity index (χ1) is 15.5. The van der Waals surface area contributed by atoms with E-state index in [9.17, 15) is 13.5 Å². The van der Waals surface area contributed by atoms with Crippen LogP contribution in [0.1, 0.15) is 37.5 Å². The molecular formula is C25H28O7S. The van der Waals surface area contributed by atoms with Crippen LogP contribution >= 0.6 is 0 Å². The van der Waals surface area contributed by atoms with Gasteiger partial charge in [0.1, 0.15) is 6.10 Å². The van der Waals surface area contributed by atoms with Crippen LogP contribution in [0.3, 0.4) is 0 Å². The molecule has 7 nitrogen and oxygen atoms in total. The molecule has 8 heteroatoms. The molecule has 4 atom stereocenters. The van der Waals surface area contributed by atoms with Crippen molar-refractivity contribution in [3.63, 3.8) is 0 Å². The van der Waals surface area contributed by atoms with Gasteiger partial charge < -0.3 is 19.3 Å². The van der Waals surface area contributed by atoms with E-state index < -0.39 is 46.6 Å². The molecule has 0 spiro atoms. The van der Waals surface area contributed by atoms with E-state index in [1.807, 2.05) is 31.2 Å². The molecule has 2 heterocycles. The minimum absolute atomic E-state index is 0.0190. The van der Waals surface area contributed by atoms with Gasteiger partial charge >= 0.3 is 0 Å². The van der Waals surface area contributed by atoms with Gasteiger partial charge in [-0.15, -0.1) is 0 Å². The minimum atomic E-state index is -4.06. The Morgan fingerprint density at radius 1 is 1.06 bits per heavy atom. The van der Waals surface area contributed by atoms with E-state index in [0.29, 0.717) is 5.56 Å². The van der Waals surface area contributed by atoms with Crippen molar-refractivity contribution in [2.75, 3.05) is 6.61 Å². The van der Waals surface area contributed by atoms with E-state index >= 15 is 0 Å². The van der Waals surface area contributed by atoms with Gasteiger partial charge in [0.25, 0.3) is 10.1 Å². The van der Waals surface area contributed by atoms with Crippen LogP contribution in [0.25, 0.3) is 0 Å². The molecule has 176 valence electrons. The summed E-state index contributed by atoms with van der Waals surface area (Å²) in [6, 6.07) is 14.0. The Bertz CT molecular complexity index is 1160. The Kier molecular flexibility index (Phi) is 6.40. The topological polar surface area (TPSA) is 91.3 Å². The molecule has 2 saturated heterocycles. The van der Waals surface area contributed by atoms with Crippen LogP contribution in [0.4, 0.5) is 0 Å². The maximum Gasteiger partial charge on any atom is 0.297 e. The Hall–Kier alpha value is -2.25. The Balaban J connectivity index is 1.58. The second-order valence-electron chi connectivity index (χ2n) is 8.73. The van der Waals surface area contributed by atoms with Gasteiger partial charge in [-0.3, -0.25) is 4.18 Å². The minimum Gasteiger partial charge on any atom is -0.372 e. The van der Waals surface area contributed by atoms with Crippen molar-refractivity contribution in [2.24, 2.45) is 0 Å². The van der Waals surface area contributed by atoms with Crippen LogP contribution in [0, 0.1) is 18.8 Å². The van der Waals surface area contributed by atoms with Crippen LogP contribution in [-0.4, -0.2) is 50.0 Å². The first-order valence-electron chi connectivity index (χ1n) is 10.8. The highest BCUT2D eigenvalue weighted by Crippen LogP contribution is 2.43. The molecule has 0 radical (unpaired) electrons. The summed E-state index contributed by atoms with van der Waals surface area (Å²) in [6.45, 7) is 6.89. The van der Waals surface area contributed by atoms with Crippen molar-refractivity contribution in [1.82, 2.24) is 0 Å². The SMILES string of the molecule is CCc1ccc(C#C[C@@]2(O)[C@@H](COS(=O)(=O)c3ccc(C)cc3)O[C@@H]3OC(C)(C)O[C@@H]32)cc1. The fourth-order valence-corrected chi connectivity index (χ4v) is 4.72. The van der Waals surface area contributed by atoms with Gasteiger partial charge in [0.2, 0.25) is 0 Å². The van der Waals surface area contributed by atoms with Crippen molar-refractivity contribution in [3.8, 4) is 11.8 Å². The Morgan fingerprint density at radius 2 is 1.73 bits per heavy atom. The zero-order valence-electron chi connectivity index (χ0n) is 19.1. The quantitative estimate of drug-likeness (QED) is 0.529. The molecule has 2 aliphatic heterocycles. The predicted octanol–water partition coefficient (Wildman–Crippen LogP) is 2.92. The number of aryl methyl sites for hydroxylation is 2. The summed E-state index contributed by atoms with van der Waals surface area (Å²) in [7, 11) is -4.06. The number of aliphatic hydroxyl groups is 1. The number of hydrogen-bond acceptors (Lipinski definition) is 7. The molecule has 2 aliphatic rings. The maximum atomic E-state index is 12.6. The van der Waals surface area contributed by atoms with Crippen LogP contribution in [-0.2, 0) is 34.9 Å². The van der Waals surface area contributed by atoms with Crippen molar-refractivity contribution < 1.29 is 31.9 Å². The number of fused-ring (bicyclic) bond motifs is 1. The zero-order chi connectivity index (χ0) is 23.9. The lowest BCUT2D eigenvalue weighted by atomic mass is 9.93. The summed E-state index contributed by atoms with van der Waals surface area (Å²) >= 11 is 0. The average molecular weight is 473 g/mol. The second kappa shape index (κ2) is 8.84. The Labute approximate surface area is 194 Å². The molecule has 1 N–H and O–H groups in total. The van der Waals surface area contributed by atoms with Crippen molar-refractivity contribution in [1.29, 1.82) is 0 Å². The van der Waals surface area contributed by atoms with Gasteiger partial charge in [0, 0.05) is 5.56 Å². The molecule has 0 bridgehead atoms. The number of rotatable bonds is 5. The molecule has 0 aromatic heterocycles. The standard InChI is InChI=1S/C25H28O7S/c1-5-18-8-10-19(11-9-18)14-15-25(26)21(30-23-22(25)31-24(3,4)32-23)16-29-33(27,28)20-12-6-17(2)7-13-20/h6-13,21-23,26H,5,16H2,1-4H3/t21-,22+,23-,25-/m1/s1. The van der Waals surface area contributed by atoms with Gasteiger partial charge in [-0.25, -0.2) is 0 Å². The fraction of sp³-hybridized carbons (Fsp3) is 0.440. The van der Waals surface area contributed by atoms with E-state index in [2.05, 4.69) is 18.8 Å². The fourth-order valence-electron chi connectivity index (χ4n) is 3.81. The van der Waals surface area contributed by atoms with Gasteiger partial charge in [0.05, 0.1) is 11.5 Å². The van der Waals surface area contributed by atoms with Crippen molar-refractivity contribution in [3.05, 3.63) is 65.2 Å². The van der Waals surface area contributed by atoms with Crippen molar-refractivity contribution >= 4 is 10.1 Å². The Morgan fingerprint density at radius 3 is 2.36 bits per heavy atom. The van der Waals surface area contributed by atoms with Crippen molar-refractivity contribution in [2.45, 2.75) is 68.9 Å². The highest BCUT2D eigenvalue weighted by atomic mass is 32.2. The first kappa shape index (κ1) is 23.9. The molecule has 4 rings (SSSR count). The summed E-state index contributed by atoms with van der Waals surface area (Å²) in [4.78, 5) is 0.0190. The molecule has 2 fully saturated rings. The summed E-state index contributed by atoms with van der Waals surface area (Å²) in [5.74, 6) is 4.84.